The molecule has 0 saturated carbocycles. The van der Waals surface area contributed by atoms with Crippen LogP contribution in [0.3, 0.4) is 0 Å². The molecule has 2 N–H and O–H groups in total. The molecule has 14 heavy (non-hydrogen) atoms. The summed E-state index contributed by atoms with van der Waals surface area (Å²) in [7, 11) is -3.37. The van der Waals surface area contributed by atoms with Crippen LogP contribution < -0.4 is 0 Å². The molecule has 0 amide bonds. The van der Waals surface area contributed by atoms with Gasteiger partial charge < -0.3 is 5.48 Å². The Morgan fingerprint density at radius 2 is 1.79 bits per heavy atom. The topological polar surface area (TPSA) is 74.9 Å². The van der Waals surface area contributed by atoms with Crippen molar-refractivity contribution in [1.82, 2.24) is 0 Å². The quantitative estimate of drug-likeness (QED) is 0.737. The van der Waals surface area contributed by atoms with Crippen LogP contribution in [0.2, 0.25) is 5.02 Å². The van der Waals surface area contributed by atoms with Gasteiger partial charge in [-0.05, 0) is 17.7 Å². The Hall–Kier alpha value is -0.620. The fraction of sp³-hybridized carbons (Fsp3) is 0.250. The van der Waals surface area contributed by atoms with Crippen molar-refractivity contribution in [1.29, 1.82) is 0 Å². The molecule has 0 saturated heterocycles. The van der Waals surface area contributed by atoms with Gasteiger partial charge in [-0.2, -0.15) is 8.42 Å². The van der Waals surface area contributed by atoms with Crippen molar-refractivity contribution in [3.8, 4) is 0 Å². The Kier molecular flexibility index (Phi) is 5.07. The SMILES string of the molecule is CS(=O)(=O)OCc1ccc(Cl)cc1.O. The molecule has 0 fully saturated rings. The van der Waals surface area contributed by atoms with Gasteiger partial charge in [-0.15, -0.1) is 0 Å². The Bertz CT molecular complexity index is 371. The van der Waals surface area contributed by atoms with Crippen molar-refractivity contribution >= 4 is 21.7 Å². The summed E-state index contributed by atoms with van der Waals surface area (Å²) in [5.74, 6) is 0. The Morgan fingerprint density at radius 1 is 1.29 bits per heavy atom. The van der Waals surface area contributed by atoms with E-state index in [1.54, 1.807) is 24.3 Å². The average Bonchev–Trinajstić information content (AvgIpc) is 2.02. The maximum Gasteiger partial charge on any atom is 0.264 e. The third kappa shape index (κ3) is 5.18. The maximum absolute atomic E-state index is 10.6. The van der Waals surface area contributed by atoms with Crippen molar-refractivity contribution in [2.75, 3.05) is 6.26 Å². The lowest BCUT2D eigenvalue weighted by atomic mass is 10.2. The number of hydrogen-bond acceptors (Lipinski definition) is 3. The van der Waals surface area contributed by atoms with E-state index in [9.17, 15) is 8.42 Å². The van der Waals surface area contributed by atoms with Gasteiger partial charge in [0, 0.05) is 5.02 Å². The van der Waals surface area contributed by atoms with E-state index in [-0.39, 0.29) is 12.1 Å². The standard InChI is InChI=1S/C8H9ClO3S.H2O/c1-13(10,11)12-6-7-2-4-8(9)5-3-7;/h2-5H,6H2,1H3;1H2. The van der Waals surface area contributed by atoms with Gasteiger partial charge in [-0.25, -0.2) is 0 Å². The van der Waals surface area contributed by atoms with Crippen LogP contribution in [0.25, 0.3) is 0 Å². The lowest BCUT2D eigenvalue weighted by molar-refractivity contribution is 0.311. The summed E-state index contributed by atoms with van der Waals surface area (Å²) in [5, 5.41) is 0.614. The Morgan fingerprint density at radius 3 is 2.21 bits per heavy atom. The van der Waals surface area contributed by atoms with Crippen molar-refractivity contribution in [2.45, 2.75) is 6.61 Å². The Labute approximate surface area is 87.9 Å². The first-order valence-electron chi connectivity index (χ1n) is 3.56. The lowest BCUT2D eigenvalue weighted by Gasteiger charge is -2.00. The predicted molar refractivity (Wildman–Crippen MR) is 54.7 cm³/mol. The van der Waals surface area contributed by atoms with Gasteiger partial charge in [0.2, 0.25) is 0 Å². The second-order valence-electron chi connectivity index (χ2n) is 2.59. The van der Waals surface area contributed by atoms with Crippen LogP contribution in [-0.2, 0) is 20.9 Å². The monoisotopic (exact) mass is 238 g/mol. The van der Waals surface area contributed by atoms with Crippen LogP contribution in [0.15, 0.2) is 24.3 Å². The van der Waals surface area contributed by atoms with Gasteiger partial charge in [0.05, 0.1) is 12.9 Å². The zero-order chi connectivity index (χ0) is 9.90. The molecular weight excluding hydrogens is 228 g/mol. The zero-order valence-electron chi connectivity index (χ0n) is 7.53. The number of halogens is 1. The van der Waals surface area contributed by atoms with Crippen molar-refractivity contribution in [2.24, 2.45) is 0 Å². The first kappa shape index (κ1) is 13.4. The van der Waals surface area contributed by atoms with E-state index in [1.165, 1.54) is 0 Å². The fourth-order valence-electron chi connectivity index (χ4n) is 0.756. The first-order valence-corrected chi connectivity index (χ1v) is 5.76. The van der Waals surface area contributed by atoms with E-state index in [1.807, 2.05) is 0 Å². The van der Waals surface area contributed by atoms with E-state index in [0.717, 1.165) is 11.8 Å². The molecule has 0 unspecified atom stereocenters. The summed E-state index contributed by atoms with van der Waals surface area (Å²) in [5.41, 5.74) is 0.773. The molecule has 0 aliphatic rings. The minimum absolute atomic E-state index is 0. The highest BCUT2D eigenvalue weighted by Crippen LogP contribution is 2.10. The summed E-state index contributed by atoms with van der Waals surface area (Å²) in [6.07, 6.45) is 1.02. The van der Waals surface area contributed by atoms with Crippen LogP contribution >= 0.6 is 11.6 Å². The number of rotatable bonds is 3. The molecule has 0 aliphatic heterocycles. The molecule has 0 spiro atoms. The molecule has 1 rings (SSSR count). The summed E-state index contributed by atoms with van der Waals surface area (Å²) in [6.45, 7) is 0.0516. The molecule has 4 nitrogen and oxygen atoms in total. The molecule has 0 aromatic heterocycles. The largest absolute Gasteiger partial charge is 0.412 e. The molecular formula is C8H11ClO4S. The van der Waals surface area contributed by atoms with Gasteiger partial charge in [0.15, 0.2) is 0 Å². The number of benzene rings is 1. The molecule has 0 radical (unpaired) electrons. The van der Waals surface area contributed by atoms with Crippen molar-refractivity contribution < 1.29 is 18.1 Å². The third-order valence-electron chi connectivity index (χ3n) is 1.35. The first-order chi connectivity index (χ1) is 5.97. The Balaban J connectivity index is 0.00000169. The highest BCUT2D eigenvalue weighted by molar-refractivity contribution is 7.85. The summed E-state index contributed by atoms with van der Waals surface area (Å²) < 4.78 is 25.8. The second kappa shape index (κ2) is 5.31. The predicted octanol–water partition coefficient (Wildman–Crippen LogP) is 0.992. The summed E-state index contributed by atoms with van der Waals surface area (Å²) in [6, 6.07) is 6.80. The average molecular weight is 239 g/mol. The minimum Gasteiger partial charge on any atom is -0.412 e. The highest BCUT2D eigenvalue weighted by atomic mass is 35.5. The van der Waals surface area contributed by atoms with Gasteiger partial charge >= 0.3 is 0 Å². The smallest absolute Gasteiger partial charge is 0.264 e. The van der Waals surface area contributed by atoms with Crippen LogP contribution in [0.5, 0.6) is 0 Å². The van der Waals surface area contributed by atoms with Crippen LogP contribution in [0.1, 0.15) is 5.56 Å². The van der Waals surface area contributed by atoms with Crippen molar-refractivity contribution in [3.63, 3.8) is 0 Å². The maximum atomic E-state index is 10.6. The van der Waals surface area contributed by atoms with Crippen LogP contribution in [0, 0.1) is 0 Å². The van der Waals surface area contributed by atoms with Gasteiger partial charge in [0.25, 0.3) is 10.1 Å². The molecule has 0 bridgehead atoms. The van der Waals surface area contributed by atoms with E-state index in [2.05, 4.69) is 4.18 Å². The van der Waals surface area contributed by atoms with Gasteiger partial charge in [-0.3, -0.25) is 4.18 Å². The second-order valence-corrected chi connectivity index (χ2v) is 4.67. The van der Waals surface area contributed by atoms with E-state index in [0.29, 0.717) is 5.02 Å². The molecule has 0 atom stereocenters. The van der Waals surface area contributed by atoms with E-state index >= 15 is 0 Å². The fourth-order valence-corrected chi connectivity index (χ4v) is 1.23. The minimum atomic E-state index is -3.37. The molecule has 6 heteroatoms. The molecule has 0 heterocycles. The van der Waals surface area contributed by atoms with E-state index in [4.69, 9.17) is 11.6 Å². The van der Waals surface area contributed by atoms with Gasteiger partial charge in [0.1, 0.15) is 0 Å². The zero-order valence-corrected chi connectivity index (χ0v) is 9.10. The molecule has 0 aliphatic carbocycles. The highest BCUT2D eigenvalue weighted by Gasteiger charge is 2.01. The third-order valence-corrected chi connectivity index (χ3v) is 2.15. The molecule has 1 aromatic carbocycles. The summed E-state index contributed by atoms with van der Waals surface area (Å²) in [4.78, 5) is 0. The van der Waals surface area contributed by atoms with Crippen molar-refractivity contribution in [3.05, 3.63) is 34.9 Å². The summed E-state index contributed by atoms with van der Waals surface area (Å²) >= 11 is 5.64. The van der Waals surface area contributed by atoms with Crippen LogP contribution in [-0.4, -0.2) is 20.1 Å². The van der Waals surface area contributed by atoms with Gasteiger partial charge in [-0.1, -0.05) is 23.7 Å². The number of hydrogen-bond donors (Lipinski definition) is 0. The van der Waals surface area contributed by atoms with Crippen LogP contribution in [0.4, 0.5) is 0 Å². The molecule has 1 aromatic rings. The molecule has 80 valence electrons. The normalized spacial score (nSPS) is 10.7. The lowest BCUT2D eigenvalue weighted by Crippen LogP contribution is -2.02. The van der Waals surface area contributed by atoms with E-state index < -0.39 is 10.1 Å².